The number of nitrogens with zero attached hydrogens (tertiary/aromatic N) is 1. The molecular weight excluding hydrogens is 242 g/mol. The summed E-state index contributed by atoms with van der Waals surface area (Å²) in [5.74, 6) is 0.152. The third-order valence-corrected chi connectivity index (χ3v) is 3.88. The van der Waals surface area contributed by atoms with Crippen molar-refractivity contribution in [2.24, 2.45) is 0 Å². The predicted molar refractivity (Wildman–Crippen MR) is 73.6 cm³/mol. The quantitative estimate of drug-likeness (QED) is 0.892. The number of aromatic hydroxyl groups is 1. The first-order chi connectivity index (χ1) is 9.06. The predicted octanol–water partition coefficient (Wildman–Crippen LogP) is 2.80. The third-order valence-electron chi connectivity index (χ3n) is 3.88. The zero-order chi connectivity index (χ0) is 14.0. The van der Waals surface area contributed by atoms with Crippen molar-refractivity contribution in [2.75, 3.05) is 7.11 Å². The first kappa shape index (κ1) is 13.7. The van der Waals surface area contributed by atoms with Gasteiger partial charge in [0.2, 0.25) is 0 Å². The van der Waals surface area contributed by atoms with E-state index < -0.39 is 0 Å². The number of amides is 1. The van der Waals surface area contributed by atoms with Crippen molar-refractivity contribution >= 4 is 5.91 Å². The molecule has 1 fully saturated rings. The molecule has 104 valence electrons. The van der Waals surface area contributed by atoms with E-state index in [9.17, 15) is 9.90 Å². The Morgan fingerprint density at radius 3 is 2.53 bits per heavy atom. The van der Waals surface area contributed by atoms with Crippen molar-refractivity contribution < 1.29 is 14.6 Å². The average Bonchev–Trinajstić information content (AvgIpc) is 2.38. The molecule has 1 heterocycles. The molecule has 0 saturated carbocycles. The van der Waals surface area contributed by atoms with Crippen LogP contribution in [0, 0.1) is 0 Å². The Labute approximate surface area is 114 Å². The van der Waals surface area contributed by atoms with Crippen LogP contribution in [0.25, 0.3) is 0 Å². The molecule has 1 aromatic carbocycles. The summed E-state index contributed by atoms with van der Waals surface area (Å²) in [6, 6.07) is 5.44. The molecule has 2 rings (SSSR count). The molecule has 2 unspecified atom stereocenters. The van der Waals surface area contributed by atoms with Gasteiger partial charge < -0.3 is 14.7 Å². The average molecular weight is 263 g/mol. The number of methoxy groups -OCH3 is 1. The molecule has 0 spiro atoms. The van der Waals surface area contributed by atoms with Crippen molar-refractivity contribution in [1.82, 2.24) is 4.90 Å². The number of ether oxygens (including phenoxy) is 1. The highest BCUT2D eigenvalue weighted by Crippen LogP contribution is 2.32. The van der Waals surface area contributed by atoms with Gasteiger partial charge in [0.25, 0.3) is 5.91 Å². The van der Waals surface area contributed by atoms with Crippen molar-refractivity contribution in [3.63, 3.8) is 0 Å². The Balaban J connectivity index is 2.33. The number of phenols is 1. The van der Waals surface area contributed by atoms with Gasteiger partial charge in [-0.15, -0.1) is 0 Å². The molecule has 4 nitrogen and oxygen atoms in total. The second-order valence-corrected chi connectivity index (χ2v) is 5.20. The van der Waals surface area contributed by atoms with E-state index in [-0.39, 0.29) is 23.7 Å². The molecular formula is C15H21NO3. The summed E-state index contributed by atoms with van der Waals surface area (Å²) >= 11 is 0. The van der Waals surface area contributed by atoms with Crippen LogP contribution >= 0.6 is 0 Å². The summed E-state index contributed by atoms with van der Waals surface area (Å²) in [5.41, 5.74) is 0.319. The number of likely N-dealkylation sites (tertiary alicyclic amines) is 1. The van der Waals surface area contributed by atoms with Gasteiger partial charge in [-0.1, -0.05) is 6.07 Å². The Kier molecular flexibility index (Phi) is 3.98. The van der Waals surface area contributed by atoms with Gasteiger partial charge in [-0.05, 0) is 45.2 Å². The first-order valence-electron chi connectivity index (χ1n) is 6.75. The van der Waals surface area contributed by atoms with Gasteiger partial charge >= 0.3 is 0 Å². The summed E-state index contributed by atoms with van der Waals surface area (Å²) in [5, 5.41) is 10.1. The SMILES string of the molecule is COc1cccc(C(=O)N2C(C)CCCC2C)c1O. The van der Waals surface area contributed by atoms with Crippen molar-refractivity contribution in [2.45, 2.75) is 45.2 Å². The molecule has 1 aliphatic heterocycles. The van der Waals surface area contributed by atoms with Crippen LogP contribution in [-0.4, -0.2) is 35.1 Å². The highest BCUT2D eigenvalue weighted by molar-refractivity contribution is 5.98. The topological polar surface area (TPSA) is 49.8 Å². The number of phenolic OH excluding ortho intramolecular Hbond substituents is 1. The van der Waals surface area contributed by atoms with Crippen LogP contribution in [0.5, 0.6) is 11.5 Å². The first-order valence-corrected chi connectivity index (χ1v) is 6.75. The lowest BCUT2D eigenvalue weighted by Crippen LogP contribution is -2.47. The fourth-order valence-corrected chi connectivity index (χ4v) is 2.82. The number of hydrogen-bond acceptors (Lipinski definition) is 3. The number of benzene rings is 1. The maximum Gasteiger partial charge on any atom is 0.258 e. The number of para-hydroxylation sites is 1. The van der Waals surface area contributed by atoms with E-state index in [1.54, 1.807) is 18.2 Å². The second kappa shape index (κ2) is 5.51. The summed E-state index contributed by atoms with van der Waals surface area (Å²) in [6.07, 6.45) is 3.18. The van der Waals surface area contributed by atoms with Crippen LogP contribution < -0.4 is 4.74 Å². The minimum Gasteiger partial charge on any atom is -0.504 e. The lowest BCUT2D eigenvalue weighted by atomic mass is 9.96. The molecule has 0 radical (unpaired) electrons. The normalized spacial score (nSPS) is 23.2. The van der Waals surface area contributed by atoms with Crippen LogP contribution in [0.2, 0.25) is 0 Å². The number of piperidine rings is 1. The van der Waals surface area contributed by atoms with Crippen LogP contribution in [-0.2, 0) is 0 Å². The fraction of sp³-hybridized carbons (Fsp3) is 0.533. The summed E-state index contributed by atoms with van der Waals surface area (Å²) in [7, 11) is 1.48. The molecule has 1 N–H and O–H groups in total. The zero-order valence-corrected chi connectivity index (χ0v) is 11.7. The molecule has 0 aliphatic carbocycles. The van der Waals surface area contributed by atoms with Gasteiger partial charge in [0.05, 0.1) is 12.7 Å². The van der Waals surface area contributed by atoms with Gasteiger partial charge in [0, 0.05) is 12.1 Å². The maximum atomic E-state index is 12.6. The zero-order valence-electron chi connectivity index (χ0n) is 11.7. The highest BCUT2D eigenvalue weighted by atomic mass is 16.5. The van der Waals surface area contributed by atoms with Crippen LogP contribution in [0.1, 0.15) is 43.5 Å². The van der Waals surface area contributed by atoms with E-state index in [1.807, 2.05) is 4.90 Å². The van der Waals surface area contributed by atoms with E-state index in [4.69, 9.17) is 4.74 Å². The van der Waals surface area contributed by atoms with Gasteiger partial charge in [0.1, 0.15) is 0 Å². The van der Waals surface area contributed by atoms with Gasteiger partial charge in [-0.25, -0.2) is 0 Å². The minimum atomic E-state index is -0.115. The summed E-state index contributed by atoms with van der Waals surface area (Å²) in [6.45, 7) is 4.12. The van der Waals surface area contributed by atoms with E-state index in [2.05, 4.69) is 13.8 Å². The van der Waals surface area contributed by atoms with Crippen molar-refractivity contribution in [3.05, 3.63) is 23.8 Å². The molecule has 1 aromatic rings. The van der Waals surface area contributed by atoms with E-state index in [0.29, 0.717) is 11.3 Å². The molecule has 19 heavy (non-hydrogen) atoms. The number of hydrogen-bond donors (Lipinski definition) is 1. The molecule has 2 atom stereocenters. The Bertz CT molecular complexity index is 462. The van der Waals surface area contributed by atoms with E-state index in [0.717, 1.165) is 19.3 Å². The standard InChI is InChI=1S/C15H21NO3/c1-10-6-4-7-11(2)16(10)15(18)12-8-5-9-13(19-3)14(12)17/h5,8-11,17H,4,6-7H2,1-3H3. The van der Waals surface area contributed by atoms with Crippen LogP contribution in [0.4, 0.5) is 0 Å². The summed E-state index contributed by atoms with van der Waals surface area (Å²) < 4.78 is 5.06. The van der Waals surface area contributed by atoms with E-state index >= 15 is 0 Å². The monoisotopic (exact) mass is 263 g/mol. The van der Waals surface area contributed by atoms with Crippen LogP contribution in [0.15, 0.2) is 18.2 Å². The maximum absolute atomic E-state index is 12.6. The molecule has 1 amide bonds. The number of carbonyl (C=O) groups is 1. The lowest BCUT2D eigenvalue weighted by molar-refractivity contribution is 0.0507. The fourth-order valence-electron chi connectivity index (χ4n) is 2.82. The van der Waals surface area contributed by atoms with Gasteiger partial charge in [-0.3, -0.25) is 4.79 Å². The molecule has 0 bridgehead atoms. The number of rotatable bonds is 2. The second-order valence-electron chi connectivity index (χ2n) is 5.20. The smallest absolute Gasteiger partial charge is 0.258 e. The Morgan fingerprint density at radius 1 is 1.32 bits per heavy atom. The van der Waals surface area contributed by atoms with Crippen molar-refractivity contribution in [3.8, 4) is 11.5 Å². The lowest BCUT2D eigenvalue weighted by Gasteiger charge is -2.39. The van der Waals surface area contributed by atoms with E-state index in [1.165, 1.54) is 7.11 Å². The van der Waals surface area contributed by atoms with Gasteiger partial charge in [-0.2, -0.15) is 0 Å². The number of carbonyl (C=O) groups excluding carboxylic acids is 1. The largest absolute Gasteiger partial charge is 0.504 e. The Morgan fingerprint density at radius 2 is 1.95 bits per heavy atom. The third kappa shape index (κ3) is 2.53. The van der Waals surface area contributed by atoms with Crippen molar-refractivity contribution in [1.29, 1.82) is 0 Å². The van der Waals surface area contributed by atoms with Crippen LogP contribution in [0.3, 0.4) is 0 Å². The van der Waals surface area contributed by atoms with Gasteiger partial charge in [0.15, 0.2) is 11.5 Å². The molecule has 1 aliphatic rings. The minimum absolute atomic E-state index is 0.0695. The Hall–Kier alpha value is -1.71. The highest BCUT2D eigenvalue weighted by Gasteiger charge is 2.31. The molecule has 4 heteroatoms. The molecule has 0 aromatic heterocycles. The summed E-state index contributed by atoms with van der Waals surface area (Å²) in [4.78, 5) is 14.5. The molecule has 1 saturated heterocycles.